The molecule has 3 rings (SSSR count). The number of rotatable bonds is 6. The molecule has 0 radical (unpaired) electrons. The molecule has 1 N–H and O–H groups in total. The van der Waals surface area contributed by atoms with Crippen molar-refractivity contribution in [2.24, 2.45) is 0 Å². The molecule has 0 aliphatic heterocycles. The molecule has 29 heavy (non-hydrogen) atoms. The van der Waals surface area contributed by atoms with Crippen LogP contribution < -0.4 is 4.72 Å². The molecule has 1 amide bonds. The molecule has 0 fully saturated rings. The highest BCUT2D eigenvalue weighted by Crippen LogP contribution is 2.21. The fourth-order valence-electron chi connectivity index (χ4n) is 2.74. The van der Waals surface area contributed by atoms with Crippen LogP contribution in [0.1, 0.15) is 26.4 Å². The van der Waals surface area contributed by atoms with Crippen molar-refractivity contribution in [3.05, 3.63) is 81.3 Å². The molecule has 0 bridgehead atoms. The molecule has 0 aliphatic carbocycles. The van der Waals surface area contributed by atoms with Gasteiger partial charge < -0.3 is 4.90 Å². The number of aryl methyl sites for hydroxylation is 2. The van der Waals surface area contributed by atoms with Crippen molar-refractivity contribution in [2.45, 2.75) is 25.3 Å². The molecule has 8 heteroatoms. The Morgan fingerprint density at radius 3 is 2.52 bits per heavy atom. The van der Waals surface area contributed by atoms with E-state index in [9.17, 15) is 17.6 Å². The number of carbonyl (C=O) groups is 1. The van der Waals surface area contributed by atoms with E-state index in [2.05, 4.69) is 4.72 Å². The summed E-state index contributed by atoms with van der Waals surface area (Å²) >= 11 is 1.59. The van der Waals surface area contributed by atoms with E-state index >= 15 is 0 Å². The molecule has 0 unspecified atom stereocenters. The minimum absolute atomic E-state index is 0.178. The Hall–Kier alpha value is -2.71. The molecule has 0 saturated heterocycles. The largest absolute Gasteiger partial charge is 0.337 e. The lowest BCUT2D eigenvalue weighted by Crippen LogP contribution is -2.26. The maximum Gasteiger partial charge on any atom is 0.261 e. The van der Waals surface area contributed by atoms with Gasteiger partial charge in [0.15, 0.2) is 0 Å². The number of sulfonamides is 1. The zero-order valence-electron chi connectivity index (χ0n) is 16.3. The maximum absolute atomic E-state index is 13.7. The number of benzene rings is 2. The Morgan fingerprint density at radius 1 is 1.10 bits per heavy atom. The molecule has 1 aromatic heterocycles. The van der Waals surface area contributed by atoms with Crippen molar-refractivity contribution in [3.63, 3.8) is 0 Å². The highest BCUT2D eigenvalue weighted by atomic mass is 32.2. The molecular formula is C21H21FN2O3S2. The quantitative estimate of drug-likeness (QED) is 0.620. The van der Waals surface area contributed by atoms with Crippen molar-refractivity contribution >= 4 is 33.0 Å². The Morgan fingerprint density at radius 2 is 1.86 bits per heavy atom. The van der Waals surface area contributed by atoms with Crippen molar-refractivity contribution in [1.29, 1.82) is 0 Å². The van der Waals surface area contributed by atoms with Crippen LogP contribution in [0.4, 0.5) is 10.1 Å². The number of nitrogens with one attached hydrogen (secondary N) is 1. The summed E-state index contributed by atoms with van der Waals surface area (Å²) in [6, 6.07) is 12.0. The number of carbonyl (C=O) groups excluding carboxylic acids is 1. The van der Waals surface area contributed by atoms with Crippen LogP contribution in [0.15, 0.2) is 58.8 Å². The zero-order valence-corrected chi connectivity index (χ0v) is 17.9. The highest BCUT2D eigenvalue weighted by molar-refractivity contribution is 7.92. The lowest BCUT2D eigenvalue weighted by atomic mass is 10.1. The van der Waals surface area contributed by atoms with Crippen LogP contribution in [0.25, 0.3) is 0 Å². The third kappa shape index (κ3) is 4.83. The molecule has 5 nitrogen and oxygen atoms in total. The first kappa shape index (κ1) is 21.0. The van der Waals surface area contributed by atoms with Crippen LogP contribution in [0.3, 0.4) is 0 Å². The van der Waals surface area contributed by atoms with Gasteiger partial charge in [-0.3, -0.25) is 9.52 Å². The molecule has 0 spiro atoms. The Bertz CT molecular complexity index is 1160. The molecule has 3 aromatic rings. The van der Waals surface area contributed by atoms with E-state index in [1.54, 1.807) is 48.4 Å². The van der Waals surface area contributed by atoms with Gasteiger partial charge in [-0.2, -0.15) is 0 Å². The van der Waals surface area contributed by atoms with E-state index < -0.39 is 15.8 Å². The van der Waals surface area contributed by atoms with Crippen molar-refractivity contribution < 1.29 is 17.6 Å². The SMILES string of the molecule is Cc1ccc(S(=O)(=O)Nc2cccc(C(=O)N(C)Cc3sccc3C)c2)cc1F. The topological polar surface area (TPSA) is 66.5 Å². The van der Waals surface area contributed by atoms with Gasteiger partial charge >= 0.3 is 0 Å². The molecule has 152 valence electrons. The second kappa shape index (κ2) is 8.34. The summed E-state index contributed by atoms with van der Waals surface area (Å²) in [5, 5.41) is 1.98. The normalized spacial score (nSPS) is 11.3. The number of thiophene rings is 1. The summed E-state index contributed by atoms with van der Waals surface area (Å²) in [4.78, 5) is 15.3. The van der Waals surface area contributed by atoms with Gasteiger partial charge in [-0.1, -0.05) is 12.1 Å². The van der Waals surface area contributed by atoms with E-state index in [1.807, 2.05) is 18.4 Å². The summed E-state index contributed by atoms with van der Waals surface area (Å²) in [5.74, 6) is -0.817. The van der Waals surface area contributed by atoms with Crippen molar-refractivity contribution in [1.82, 2.24) is 4.90 Å². The molecule has 2 aromatic carbocycles. The average molecular weight is 433 g/mol. The summed E-state index contributed by atoms with van der Waals surface area (Å²) in [5.41, 5.74) is 2.08. The number of anilines is 1. The van der Waals surface area contributed by atoms with E-state index in [1.165, 1.54) is 18.2 Å². The second-order valence-corrected chi connectivity index (χ2v) is 9.47. The fourth-order valence-corrected chi connectivity index (χ4v) is 4.76. The maximum atomic E-state index is 13.7. The summed E-state index contributed by atoms with van der Waals surface area (Å²) in [6.07, 6.45) is 0. The zero-order chi connectivity index (χ0) is 21.2. The van der Waals surface area contributed by atoms with Crippen LogP contribution >= 0.6 is 11.3 Å². The molecule has 0 aliphatic rings. The number of hydrogen-bond donors (Lipinski definition) is 1. The van der Waals surface area contributed by atoms with E-state index in [0.717, 1.165) is 16.5 Å². The minimum Gasteiger partial charge on any atom is -0.337 e. The number of hydrogen-bond acceptors (Lipinski definition) is 4. The van der Waals surface area contributed by atoms with Gasteiger partial charge in [-0.05, 0) is 66.8 Å². The standard InChI is InChI=1S/C21H21FN2O3S2/c1-14-7-8-18(12-19(14)22)29(26,27)23-17-6-4-5-16(11-17)21(25)24(3)13-20-15(2)9-10-28-20/h4-12,23H,13H2,1-3H3. The third-order valence-corrected chi connectivity index (χ3v) is 6.90. The first-order valence-corrected chi connectivity index (χ1v) is 11.2. The van der Waals surface area contributed by atoms with Crippen molar-refractivity contribution in [3.8, 4) is 0 Å². The van der Waals surface area contributed by atoms with Crippen LogP contribution in [0, 0.1) is 19.7 Å². The van der Waals surface area contributed by atoms with E-state index in [4.69, 9.17) is 0 Å². The fraction of sp³-hybridized carbons (Fsp3) is 0.190. The van der Waals surface area contributed by atoms with Crippen LogP contribution in [0.2, 0.25) is 0 Å². The van der Waals surface area contributed by atoms with Crippen LogP contribution in [-0.2, 0) is 16.6 Å². The smallest absolute Gasteiger partial charge is 0.261 e. The summed E-state index contributed by atoms with van der Waals surface area (Å²) < 4.78 is 41.3. The van der Waals surface area contributed by atoms with E-state index in [-0.39, 0.29) is 16.5 Å². The van der Waals surface area contributed by atoms with Gasteiger partial charge in [-0.25, -0.2) is 12.8 Å². The predicted octanol–water partition coefficient (Wildman–Crippen LogP) is 4.58. The minimum atomic E-state index is -3.98. The number of amides is 1. The predicted molar refractivity (Wildman–Crippen MR) is 113 cm³/mol. The first-order chi connectivity index (χ1) is 13.7. The molecule has 0 atom stereocenters. The van der Waals surface area contributed by atoms with Crippen LogP contribution in [-0.4, -0.2) is 26.3 Å². The number of nitrogens with zero attached hydrogens (tertiary/aromatic N) is 1. The Labute approximate surface area is 173 Å². The van der Waals surface area contributed by atoms with Crippen LogP contribution in [0.5, 0.6) is 0 Å². The van der Waals surface area contributed by atoms with Gasteiger partial charge in [-0.15, -0.1) is 11.3 Å². The lowest BCUT2D eigenvalue weighted by Gasteiger charge is -2.17. The Balaban J connectivity index is 1.79. The van der Waals surface area contributed by atoms with Gasteiger partial charge in [0.1, 0.15) is 5.82 Å². The van der Waals surface area contributed by atoms with Gasteiger partial charge in [0.05, 0.1) is 11.4 Å². The summed E-state index contributed by atoms with van der Waals surface area (Å²) in [6.45, 7) is 4.02. The molecular weight excluding hydrogens is 411 g/mol. The third-order valence-electron chi connectivity index (χ3n) is 4.51. The van der Waals surface area contributed by atoms with Crippen molar-refractivity contribution in [2.75, 3.05) is 11.8 Å². The van der Waals surface area contributed by atoms with Gasteiger partial charge in [0, 0.05) is 23.2 Å². The van der Waals surface area contributed by atoms with Gasteiger partial charge in [0.2, 0.25) is 0 Å². The second-order valence-electron chi connectivity index (χ2n) is 6.79. The first-order valence-electron chi connectivity index (χ1n) is 8.85. The van der Waals surface area contributed by atoms with Gasteiger partial charge in [0.25, 0.3) is 15.9 Å². The van der Waals surface area contributed by atoms with E-state index in [0.29, 0.717) is 17.7 Å². The Kier molecular flexibility index (Phi) is 6.04. The summed E-state index contributed by atoms with van der Waals surface area (Å²) in [7, 11) is -2.27. The molecule has 0 saturated carbocycles. The molecule has 1 heterocycles. The highest BCUT2D eigenvalue weighted by Gasteiger charge is 2.18. The average Bonchev–Trinajstić information content (AvgIpc) is 3.07. The number of halogens is 1. The monoisotopic (exact) mass is 432 g/mol. The lowest BCUT2D eigenvalue weighted by molar-refractivity contribution is 0.0786.